The SMILES string of the molecule is CCNCc1ncc(-c2cccc(C(F)(F)F)c2)o1. The zero-order chi connectivity index (χ0) is 13.9. The van der Waals surface area contributed by atoms with E-state index in [-0.39, 0.29) is 0 Å². The highest BCUT2D eigenvalue weighted by atomic mass is 19.4. The number of nitrogens with one attached hydrogen (secondary N) is 1. The maximum absolute atomic E-state index is 12.6. The quantitative estimate of drug-likeness (QED) is 0.924. The molecule has 1 aromatic carbocycles. The molecule has 0 aliphatic heterocycles. The van der Waals surface area contributed by atoms with E-state index in [1.807, 2.05) is 6.92 Å². The number of alkyl halides is 3. The van der Waals surface area contributed by atoms with E-state index >= 15 is 0 Å². The number of hydrogen-bond acceptors (Lipinski definition) is 3. The van der Waals surface area contributed by atoms with Gasteiger partial charge in [0.15, 0.2) is 5.76 Å². The van der Waals surface area contributed by atoms with E-state index in [2.05, 4.69) is 10.3 Å². The molecule has 102 valence electrons. The monoisotopic (exact) mass is 270 g/mol. The molecule has 0 radical (unpaired) electrons. The Kier molecular flexibility index (Phi) is 3.90. The Bertz CT molecular complexity index is 549. The van der Waals surface area contributed by atoms with E-state index in [4.69, 9.17) is 4.42 Å². The van der Waals surface area contributed by atoms with E-state index in [1.165, 1.54) is 12.3 Å². The van der Waals surface area contributed by atoms with E-state index in [1.54, 1.807) is 6.07 Å². The van der Waals surface area contributed by atoms with Gasteiger partial charge in [-0.15, -0.1) is 0 Å². The summed E-state index contributed by atoms with van der Waals surface area (Å²) in [7, 11) is 0. The zero-order valence-electron chi connectivity index (χ0n) is 10.3. The molecule has 1 heterocycles. The van der Waals surface area contributed by atoms with Gasteiger partial charge in [-0.3, -0.25) is 0 Å². The Morgan fingerprint density at radius 3 is 2.79 bits per heavy atom. The van der Waals surface area contributed by atoms with Crippen LogP contribution in [0.2, 0.25) is 0 Å². The Morgan fingerprint density at radius 2 is 2.11 bits per heavy atom. The normalized spacial score (nSPS) is 11.8. The van der Waals surface area contributed by atoms with Crippen molar-refractivity contribution >= 4 is 0 Å². The van der Waals surface area contributed by atoms with Crippen LogP contribution in [-0.2, 0) is 12.7 Å². The van der Waals surface area contributed by atoms with Gasteiger partial charge in [-0.1, -0.05) is 19.1 Å². The number of nitrogens with zero attached hydrogens (tertiary/aromatic N) is 1. The molecule has 0 amide bonds. The fraction of sp³-hybridized carbons (Fsp3) is 0.308. The molecule has 0 saturated carbocycles. The summed E-state index contributed by atoms with van der Waals surface area (Å²) in [6.45, 7) is 3.16. The summed E-state index contributed by atoms with van der Waals surface area (Å²) < 4.78 is 43.2. The second-order valence-electron chi connectivity index (χ2n) is 3.98. The number of rotatable bonds is 4. The third-order valence-electron chi connectivity index (χ3n) is 2.55. The standard InChI is InChI=1S/C13H13F3N2O/c1-2-17-8-12-18-7-11(19-12)9-4-3-5-10(6-9)13(14,15)16/h3-7,17H,2,8H2,1H3. The minimum absolute atomic E-state index is 0.332. The third-order valence-corrected chi connectivity index (χ3v) is 2.55. The maximum atomic E-state index is 12.6. The Hall–Kier alpha value is -1.82. The number of aromatic nitrogens is 1. The number of benzene rings is 1. The molecule has 0 unspecified atom stereocenters. The molecule has 0 bridgehead atoms. The molecule has 1 N–H and O–H groups in total. The molecular weight excluding hydrogens is 257 g/mol. The average Bonchev–Trinajstić information content (AvgIpc) is 2.84. The molecule has 0 aliphatic carbocycles. The minimum atomic E-state index is -4.36. The van der Waals surface area contributed by atoms with Crippen LogP contribution < -0.4 is 5.32 Å². The third kappa shape index (κ3) is 3.35. The number of halogens is 3. The molecule has 2 rings (SSSR count). The molecule has 0 aliphatic rings. The van der Waals surface area contributed by atoms with Gasteiger partial charge in [0.25, 0.3) is 0 Å². The van der Waals surface area contributed by atoms with Gasteiger partial charge in [0.1, 0.15) is 0 Å². The van der Waals surface area contributed by atoms with Crippen LogP contribution in [0.5, 0.6) is 0 Å². The summed E-state index contributed by atoms with van der Waals surface area (Å²) in [4.78, 5) is 4.01. The molecule has 1 aromatic heterocycles. The molecule has 0 atom stereocenters. The van der Waals surface area contributed by atoms with Crippen molar-refractivity contribution in [3.63, 3.8) is 0 Å². The van der Waals surface area contributed by atoms with Gasteiger partial charge in [-0.05, 0) is 18.7 Å². The number of hydrogen-bond donors (Lipinski definition) is 1. The Morgan fingerprint density at radius 1 is 1.32 bits per heavy atom. The van der Waals surface area contributed by atoms with Crippen molar-refractivity contribution in [3.8, 4) is 11.3 Å². The molecule has 2 aromatic rings. The fourth-order valence-electron chi connectivity index (χ4n) is 1.61. The van der Waals surface area contributed by atoms with Crippen LogP contribution in [0.15, 0.2) is 34.9 Å². The van der Waals surface area contributed by atoms with Crippen molar-refractivity contribution in [2.24, 2.45) is 0 Å². The van der Waals surface area contributed by atoms with Crippen LogP contribution >= 0.6 is 0 Å². The van der Waals surface area contributed by atoms with Crippen molar-refractivity contribution in [2.75, 3.05) is 6.54 Å². The molecule has 3 nitrogen and oxygen atoms in total. The van der Waals surface area contributed by atoms with E-state index in [9.17, 15) is 13.2 Å². The Balaban J connectivity index is 2.24. The maximum Gasteiger partial charge on any atom is 0.416 e. The van der Waals surface area contributed by atoms with Crippen molar-refractivity contribution in [2.45, 2.75) is 19.6 Å². The van der Waals surface area contributed by atoms with Crippen LogP contribution in [0.1, 0.15) is 18.4 Å². The zero-order valence-corrected chi connectivity index (χ0v) is 10.3. The van der Waals surface area contributed by atoms with E-state index in [0.29, 0.717) is 23.8 Å². The minimum Gasteiger partial charge on any atom is -0.439 e. The van der Waals surface area contributed by atoms with Gasteiger partial charge in [0.05, 0.1) is 18.3 Å². The topological polar surface area (TPSA) is 38.1 Å². The largest absolute Gasteiger partial charge is 0.439 e. The van der Waals surface area contributed by atoms with Crippen molar-refractivity contribution in [3.05, 3.63) is 41.9 Å². The first-order chi connectivity index (χ1) is 9.00. The molecule has 0 fully saturated rings. The predicted octanol–water partition coefficient (Wildman–Crippen LogP) is 3.47. The van der Waals surface area contributed by atoms with E-state index in [0.717, 1.165) is 18.7 Å². The summed E-state index contributed by atoms with van der Waals surface area (Å²) in [5, 5.41) is 3.03. The molecular formula is C13H13F3N2O. The van der Waals surface area contributed by atoms with E-state index < -0.39 is 11.7 Å². The summed E-state index contributed by atoms with van der Waals surface area (Å²) in [5.41, 5.74) is -0.334. The van der Waals surface area contributed by atoms with Crippen molar-refractivity contribution < 1.29 is 17.6 Å². The van der Waals surface area contributed by atoms with Gasteiger partial charge in [-0.25, -0.2) is 4.98 Å². The molecule has 19 heavy (non-hydrogen) atoms. The van der Waals surface area contributed by atoms with Gasteiger partial charge in [0.2, 0.25) is 5.89 Å². The highest BCUT2D eigenvalue weighted by Gasteiger charge is 2.30. The fourth-order valence-corrected chi connectivity index (χ4v) is 1.61. The van der Waals surface area contributed by atoms with Crippen LogP contribution in [0.3, 0.4) is 0 Å². The lowest BCUT2D eigenvalue weighted by molar-refractivity contribution is -0.137. The molecule has 0 saturated heterocycles. The van der Waals surface area contributed by atoms with Crippen LogP contribution in [0.25, 0.3) is 11.3 Å². The summed E-state index contributed by atoms with van der Waals surface area (Å²) in [6.07, 6.45) is -2.93. The lowest BCUT2D eigenvalue weighted by Crippen LogP contribution is -2.11. The van der Waals surface area contributed by atoms with Crippen LogP contribution in [0, 0.1) is 0 Å². The second kappa shape index (κ2) is 5.44. The average molecular weight is 270 g/mol. The first-order valence-electron chi connectivity index (χ1n) is 5.83. The van der Waals surface area contributed by atoms with Gasteiger partial charge >= 0.3 is 6.18 Å². The van der Waals surface area contributed by atoms with Crippen LogP contribution in [-0.4, -0.2) is 11.5 Å². The number of oxazole rings is 1. The summed E-state index contributed by atoms with van der Waals surface area (Å²) >= 11 is 0. The van der Waals surface area contributed by atoms with Gasteiger partial charge in [-0.2, -0.15) is 13.2 Å². The second-order valence-corrected chi connectivity index (χ2v) is 3.98. The van der Waals surface area contributed by atoms with Crippen molar-refractivity contribution in [1.29, 1.82) is 0 Å². The first-order valence-corrected chi connectivity index (χ1v) is 5.83. The Labute approximate surface area is 108 Å². The van der Waals surface area contributed by atoms with Crippen molar-refractivity contribution in [1.82, 2.24) is 10.3 Å². The highest BCUT2D eigenvalue weighted by molar-refractivity contribution is 5.57. The lowest BCUT2D eigenvalue weighted by atomic mass is 10.1. The van der Waals surface area contributed by atoms with Gasteiger partial charge < -0.3 is 9.73 Å². The lowest BCUT2D eigenvalue weighted by Gasteiger charge is -2.07. The summed E-state index contributed by atoms with van der Waals surface area (Å²) in [6, 6.07) is 4.99. The molecule has 0 spiro atoms. The predicted molar refractivity (Wildman–Crippen MR) is 64.3 cm³/mol. The highest BCUT2D eigenvalue weighted by Crippen LogP contribution is 2.32. The molecule has 6 heteroatoms. The summed E-state index contributed by atoms with van der Waals surface area (Å²) in [5.74, 6) is 0.785. The van der Waals surface area contributed by atoms with Crippen LogP contribution in [0.4, 0.5) is 13.2 Å². The smallest absolute Gasteiger partial charge is 0.416 e. The van der Waals surface area contributed by atoms with Gasteiger partial charge in [0, 0.05) is 5.56 Å². The first kappa shape index (κ1) is 13.6.